The first-order valence-corrected chi connectivity index (χ1v) is 15.2. The molecule has 210 valence electrons. The number of rotatable bonds is 9. The number of halogens is 2. The Kier molecular flexibility index (Phi) is 8.32. The zero-order valence-corrected chi connectivity index (χ0v) is 24.5. The van der Waals surface area contributed by atoms with Gasteiger partial charge in [-0.1, -0.05) is 40.9 Å². The fourth-order valence-electron chi connectivity index (χ4n) is 5.25. The summed E-state index contributed by atoms with van der Waals surface area (Å²) in [7, 11) is -3.84. The summed E-state index contributed by atoms with van der Waals surface area (Å²) in [4.78, 5) is 25.5. The number of piperidine rings is 1. The number of carbonyl (C=O) groups is 1. The summed E-state index contributed by atoms with van der Waals surface area (Å²) >= 11 is 12.3. The number of anilines is 2. The van der Waals surface area contributed by atoms with E-state index in [1.54, 1.807) is 48.5 Å². The zero-order valence-electron chi connectivity index (χ0n) is 22.2. The van der Waals surface area contributed by atoms with Crippen molar-refractivity contribution >= 4 is 62.0 Å². The van der Waals surface area contributed by atoms with Crippen LogP contribution in [0.25, 0.3) is 11.0 Å². The van der Waals surface area contributed by atoms with Gasteiger partial charge in [0, 0.05) is 47.6 Å². The number of benzene rings is 2. The molecule has 5 rings (SSSR count). The third-order valence-corrected chi connectivity index (χ3v) is 9.30. The second-order valence-electron chi connectivity index (χ2n) is 9.82. The predicted molar refractivity (Wildman–Crippen MR) is 159 cm³/mol. The van der Waals surface area contributed by atoms with Gasteiger partial charge in [-0.15, -0.1) is 0 Å². The number of nitrogens with one attached hydrogen (secondary N) is 1. The molecule has 1 aliphatic heterocycles. The number of fused-ring (bicyclic) bond motifs is 1. The van der Waals surface area contributed by atoms with E-state index in [4.69, 9.17) is 23.2 Å². The molecule has 1 saturated heterocycles. The number of carbonyl (C=O) groups excluding carboxylic acids is 1. The van der Waals surface area contributed by atoms with Crippen molar-refractivity contribution in [1.29, 1.82) is 0 Å². The fourth-order valence-corrected chi connectivity index (χ4v) is 7.08. The maximum Gasteiger partial charge on any atom is 0.269 e. The lowest BCUT2D eigenvalue weighted by atomic mass is 10.0. The summed E-state index contributed by atoms with van der Waals surface area (Å²) in [5, 5.41) is 4.86. The second-order valence-corrected chi connectivity index (χ2v) is 12.5. The molecule has 0 radical (unpaired) electrons. The number of likely N-dealkylation sites (N-methyl/N-ethyl adjacent to an activating group) is 1. The minimum atomic E-state index is -3.84. The minimum absolute atomic E-state index is 0.0427. The number of nitrogens with zero attached hydrogens (tertiary/aromatic N) is 5. The zero-order chi connectivity index (χ0) is 28.4. The molecule has 0 saturated carbocycles. The molecular formula is C28H30Cl2N6O3S. The quantitative estimate of drug-likeness (QED) is 0.261. The van der Waals surface area contributed by atoms with Crippen molar-refractivity contribution in [2.75, 3.05) is 29.9 Å². The highest BCUT2D eigenvalue weighted by Crippen LogP contribution is 2.31. The van der Waals surface area contributed by atoms with Crippen LogP contribution in [0.5, 0.6) is 0 Å². The van der Waals surface area contributed by atoms with Gasteiger partial charge in [0.1, 0.15) is 18.3 Å². The van der Waals surface area contributed by atoms with Crippen LogP contribution in [0.1, 0.15) is 25.3 Å². The lowest BCUT2D eigenvalue weighted by Crippen LogP contribution is -2.54. The van der Waals surface area contributed by atoms with Crippen LogP contribution < -0.4 is 10.2 Å². The van der Waals surface area contributed by atoms with E-state index in [0.717, 1.165) is 31.2 Å². The largest absolute Gasteiger partial charge is 0.364 e. The Morgan fingerprint density at radius 2 is 1.85 bits per heavy atom. The Bertz CT molecular complexity index is 1610. The van der Waals surface area contributed by atoms with E-state index in [9.17, 15) is 13.2 Å². The third-order valence-electron chi connectivity index (χ3n) is 7.19. The molecule has 9 nitrogen and oxygen atoms in total. The molecular weight excluding hydrogens is 571 g/mol. The van der Waals surface area contributed by atoms with Gasteiger partial charge in [-0.25, -0.2) is 22.4 Å². The van der Waals surface area contributed by atoms with Gasteiger partial charge in [-0.3, -0.25) is 9.69 Å². The summed E-state index contributed by atoms with van der Waals surface area (Å²) in [6.07, 6.45) is 5.02. The van der Waals surface area contributed by atoms with Crippen LogP contribution in [-0.2, 0) is 14.8 Å². The molecule has 0 aliphatic carbocycles. The standard InChI is InChI=1S/C28H30Cl2N6O3S/c1-3-35(23-5-4-11-34(16-23)26(17-37)33-22-14-20(29)13-21(30)15-22)27-25-10-12-36(28(25)32-18-31-27)40(38,39)24-8-6-19(2)7-9-24/h6-10,12-15,17-18,23,26,33H,3-5,11,16H2,1-2H3/t23?,26-/m0/s1. The topological polar surface area (TPSA) is 100 Å². The van der Waals surface area contributed by atoms with Gasteiger partial charge in [-0.2, -0.15) is 0 Å². The van der Waals surface area contributed by atoms with Crippen molar-refractivity contribution in [3.05, 3.63) is 76.7 Å². The highest BCUT2D eigenvalue weighted by atomic mass is 35.5. The summed E-state index contributed by atoms with van der Waals surface area (Å²) in [5.41, 5.74) is 1.96. The normalized spacial score (nSPS) is 17.1. The minimum Gasteiger partial charge on any atom is -0.364 e. The van der Waals surface area contributed by atoms with E-state index >= 15 is 0 Å². The summed E-state index contributed by atoms with van der Waals surface area (Å²) < 4.78 is 28.1. The first kappa shape index (κ1) is 28.4. The third kappa shape index (κ3) is 5.67. The molecule has 2 aromatic carbocycles. The van der Waals surface area contributed by atoms with Crippen molar-refractivity contribution in [2.45, 2.75) is 43.8 Å². The molecule has 1 N–H and O–H groups in total. The van der Waals surface area contributed by atoms with Gasteiger partial charge >= 0.3 is 0 Å². The Labute approximate surface area is 243 Å². The van der Waals surface area contributed by atoms with Gasteiger partial charge in [0.05, 0.1) is 10.3 Å². The molecule has 3 heterocycles. The Morgan fingerprint density at radius 1 is 1.12 bits per heavy atom. The van der Waals surface area contributed by atoms with Crippen LogP contribution >= 0.6 is 23.2 Å². The Morgan fingerprint density at radius 3 is 2.52 bits per heavy atom. The average Bonchev–Trinajstić information content (AvgIpc) is 3.38. The number of hydrogen-bond donors (Lipinski definition) is 1. The van der Waals surface area contributed by atoms with E-state index in [2.05, 4.69) is 25.1 Å². The Balaban J connectivity index is 1.42. The monoisotopic (exact) mass is 600 g/mol. The van der Waals surface area contributed by atoms with E-state index in [-0.39, 0.29) is 10.9 Å². The van der Waals surface area contributed by atoms with Crippen molar-refractivity contribution < 1.29 is 13.2 Å². The smallest absolute Gasteiger partial charge is 0.269 e. The highest BCUT2D eigenvalue weighted by Gasteiger charge is 2.31. The number of likely N-dealkylation sites (tertiary alicyclic amines) is 1. The van der Waals surface area contributed by atoms with Gasteiger partial charge in [0.2, 0.25) is 0 Å². The molecule has 4 aromatic rings. The number of aryl methyl sites for hydroxylation is 1. The Hall–Kier alpha value is -3.18. The SMILES string of the molecule is CCN(c1ncnc2c1ccn2S(=O)(=O)c1ccc(C)cc1)C1CCCN([C@@H](C=O)Nc2cc(Cl)cc(Cl)c2)C1. The van der Waals surface area contributed by atoms with Gasteiger partial charge in [0.15, 0.2) is 11.9 Å². The molecule has 2 atom stereocenters. The van der Waals surface area contributed by atoms with Crippen molar-refractivity contribution in [1.82, 2.24) is 18.8 Å². The van der Waals surface area contributed by atoms with E-state index < -0.39 is 16.2 Å². The molecule has 0 spiro atoms. The van der Waals surface area contributed by atoms with Crippen LogP contribution in [0.2, 0.25) is 10.0 Å². The van der Waals surface area contributed by atoms with Crippen LogP contribution in [0.4, 0.5) is 11.5 Å². The molecule has 40 heavy (non-hydrogen) atoms. The molecule has 12 heteroatoms. The predicted octanol–water partition coefficient (Wildman–Crippen LogP) is 5.21. The van der Waals surface area contributed by atoms with Crippen LogP contribution in [0, 0.1) is 6.92 Å². The maximum absolute atomic E-state index is 13.4. The summed E-state index contributed by atoms with van der Waals surface area (Å²) in [5.74, 6) is 0.662. The van der Waals surface area contributed by atoms with Crippen LogP contribution in [0.15, 0.2) is 66.0 Å². The van der Waals surface area contributed by atoms with Gasteiger partial charge in [-0.05, 0) is 63.1 Å². The fraction of sp³-hybridized carbons (Fsp3) is 0.321. The molecule has 0 amide bonds. The lowest BCUT2D eigenvalue weighted by Gasteiger charge is -2.41. The lowest BCUT2D eigenvalue weighted by molar-refractivity contribution is -0.112. The molecule has 1 unspecified atom stereocenters. The van der Waals surface area contributed by atoms with Crippen LogP contribution in [0.3, 0.4) is 0 Å². The molecule has 1 fully saturated rings. The van der Waals surface area contributed by atoms with Crippen molar-refractivity contribution in [2.24, 2.45) is 0 Å². The molecule has 2 aromatic heterocycles. The van der Waals surface area contributed by atoms with E-state index in [1.165, 1.54) is 16.5 Å². The second kappa shape index (κ2) is 11.7. The molecule has 0 bridgehead atoms. The van der Waals surface area contributed by atoms with Gasteiger partial charge < -0.3 is 10.2 Å². The highest BCUT2D eigenvalue weighted by molar-refractivity contribution is 7.90. The number of aromatic nitrogens is 3. The van der Waals surface area contributed by atoms with Crippen molar-refractivity contribution in [3.8, 4) is 0 Å². The number of hydrogen-bond acceptors (Lipinski definition) is 8. The van der Waals surface area contributed by atoms with Crippen LogP contribution in [-0.4, -0.2) is 65.4 Å². The summed E-state index contributed by atoms with van der Waals surface area (Å²) in [6, 6.07) is 13.6. The van der Waals surface area contributed by atoms with Crippen molar-refractivity contribution in [3.63, 3.8) is 0 Å². The summed E-state index contributed by atoms with van der Waals surface area (Å²) in [6.45, 7) is 5.93. The average molecular weight is 602 g/mol. The van der Waals surface area contributed by atoms with E-state index in [1.807, 2.05) is 13.8 Å². The van der Waals surface area contributed by atoms with E-state index in [0.29, 0.717) is 45.7 Å². The maximum atomic E-state index is 13.4. The number of aldehydes is 1. The molecule has 1 aliphatic rings. The first-order chi connectivity index (χ1) is 19.2. The first-order valence-electron chi connectivity index (χ1n) is 13.0. The van der Waals surface area contributed by atoms with Gasteiger partial charge in [0.25, 0.3) is 10.0 Å².